The third-order valence-electron chi connectivity index (χ3n) is 5.92. The van der Waals surface area contributed by atoms with Gasteiger partial charge < -0.3 is 9.73 Å². The van der Waals surface area contributed by atoms with E-state index in [2.05, 4.69) is 15.2 Å². The number of halogens is 1. The summed E-state index contributed by atoms with van der Waals surface area (Å²) in [7, 11) is 0. The van der Waals surface area contributed by atoms with Crippen molar-refractivity contribution in [3.63, 3.8) is 0 Å². The van der Waals surface area contributed by atoms with Crippen LogP contribution in [-0.2, 0) is 0 Å². The Morgan fingerprint density at radius 2 is 2.17 bits per heavy atom. The van der Waals surface area contributed by atoms with Gasteiger partial charge in [0.15, 0.2) is 11.4 Å². The number of pyridine rings is 1. The first-order chi connectivity index (χ1) is 11.2. The maximum absolute atomic E-state index is 13.6. The topological polar surface area (TPSA) is 58.4 Å². The third-order valence-corrected chi connectivity index (χ3v) is 5.92. The van der Waals surface area contributed by atoms with Crippen molar-refractivity contribution in [3.05, 3.63) is 30.0 Å². The van der Waals surface area contributed by atoms with Crippen LogP contribution in [0.4, 0.5) is 4.39 Å². The fraction of sp³-hybridized carbons (Fsp3) is 0.529. The molecule has 0 aromatic carbocycles. The molecule has 6 heteroatoms. The number of amides is 1. The number of hydrogen-bond donors (Lipinski definition) is 1. The fourth-order valence-corrected chi connectivity index (χ4v) is 4.56. The summed E-state index contributed by atoms with van der Waals surface area (Å²) >= 11 is 0. The number of nitrogens with one attached hydrogen (secondary N) is 1. The molecule has 1 aliphatic carbocycles. The summed E-state index contributed by atoms with van der Waals surface area (Å²) in [5.41, 5.74) is 0.799. The summed E-state index contributed by atoms with van der Waals surface area (Å²) in [6.07, 6.45) is 7.08. The van der Waals surface area contributed by atoms with E-state index in [1.54, 1.807) is 0 Å². The smallest absolute Gasteiger partial charge is 0.270 e. The Hall–Kier alpha value is -1.95. The van der Waals surface area contributed by atoms with Crippen molar-refractivity contribution in [3.8, 4) is 0 Å². The number of hydrogen-bond acceptors (Lipinski definition) is 4. The molecule has 3 saturated heterocycles. The summed E-state index contributed by atoms with van der Waals surface area (Å²) < 4.78 is 18.7. The highest BCUT2D eigenvalue weighted by atomic mass is 19.1. The molecule has 1 N–H and O–H groups in total. The minimum atomic E-state index is -0.460. The molecule has 1 spiro atoms. The molecule has 4 fully saturated rings. The predicted octanol–water partition coefficient (Wildman–Crippen LogP) is 2.32. The fourth-order valence-electron chi connectivity index (χ4n) is 4.56. The van der Waals surface area contributed by atoms with E-state index in [0.717, 1.165) is 45.0 Å². The van der Waals surface area contributed by atoms with Crippen molar-refractivity contribution in [2.45, 2.75) is 37.3 Å². The summed E-state index contributed by atoms with van der Waals surface area (Å²) in [6.45, 7) is 2.31. The number of piperidine rings is 3. The van der Waals surface area contributed by atoms with Crippen LogP contribution in [0.1, 0.15) is 36.2 Å². The number of furan rings is 1. The van der Waals surface area contributed by atoms with Gasteiger partial charge in [-0.1, -0.05) is 0 Å². The van der Waals surface area contributed by atoms with Gasteiger partial charge in [0.05, 0.1) is 17.6 Å². The van der Waals surface area contributed by atoms with Crippen molar-refractivity contribution < 1.29 is 13.6 Å². The highest BCUT2D eigenvalue weighted by molar-refractivity contribution is 5.95. The van der Waals surface area contributed by atoms with Crippen molar-refractivity contribution >= 4 is 16.9 Å². The highest BCUT2D eigenvalue weighted by Gasteiger charge is 2.60. The van der Waals surface area contributed by atoms with Gasteiger partial charge in [0.1, 0.15) is 12.0 Å². The van der Waals surface area contributed by atoms with Gasteiger partial charge in [0.25, 0.3) is 5.91 Å². The Kier molecular flexibility index (Phi) is 2.66. The van der Waals surface area contributed by atoms with Gasteiger partial charge in [0, 0.05) is 5.54 Å². The lowest BCUT2D eigenvalue weighted by Crippen LogP contribution is -2.65. The van der Waals surface area contributed by atoms with Gasteiger partial charge in [-0.05, 0) is 50.8 Å². The lowest BCUT2D eigenvalue weighted by atomic mass is 9.77. The monoisotopic (exact) mass is 315 g/mol. The zero-order chi connectivity index (χ0) is 15.6. The molecule has 3 aliphatic heterocycles. The van der Waals surface area contributed by atoms with Gasteiger partial charge in [0.2, 0.25) is 0 Å². The Bertz CT molecular complexity index is 790. The number of nitrogens with zero attached hydrogens (tertiary/aromatic N) is 2. The van der Waals surface area contributed by atoms with E-state index in [0.29, 0.717) is 16.9 Å². The zero-order valence-corrected chi connectivity index (χ0v) is 12.7. The maximum Gasteiger partial charge on any atom is 0.270 e. The van der Waals surface area contributed by atoms with Crippen molar-refractivity contribution in [2.75, 3.05) is 13.1 Å². The average Bonchev–Trinajstić information content (AvgIpc) is 3.28. The second kappa shape index (κ2) is 4.54. The molecular formula is C17H18FN3O2. The van der Waals surface area contributed by atoms with Gasteiger partial charge in [-0.15, -0.1) is 0 Å². The predicted molar refractivity (Wildman–Crippen MR) is 81.5 cm³/mol. The lowest BCUT2D eigenvalue weighted by molar-refractivity contribution is -0.00152. The van der Waals surface area contributed by atoms with Crippen LogP contribution in [0.25, 0.3) is 11.0 Å². The summed E-state index contributed by atoms with van der Waals surface area (Å²) in [5, 5.41) is 3.51. The number of carbonyl (C=O) groups is 1. The van der Waals surface area contributed by atoms with Crippen LogP contribution in [-0.4, -0.2) is 40.5 Å². The van der Waals surface area contributed by atoms with Crippen molar-refractivity contribution in [1.29, 1.82) is 0 Å². The Labute approximate surface area is 132 Å². The van der Waals surface area contributed by atoms with Gasteiger partial charge >= 0.3 is 0 Å². The maximum atomic E-state index is 13.6. The molecule has 1 amide bonds. The molecule has 1 unspecified atom stereocenters. The lowest BCUT2D eigenvalue weighted by Gasteiger charge is -2.52. The van der Waals surface area contributed by atoms with E-state index >= 15 is 0 Å². The normalized spacial score (nSPS) is 30.7. The Morgan fingerprint density at radius 1 is 1.39 bits per heavy atom. The number of fused-ring (bicyclic) bond motifs is 3. The SMILES string of the molecule is O=C(NC1C2CCN(CC2)C12CC2)c1cc2c(F)coc2cn1. The van der Waals surface area contributed by atoms with E-state index < -0.39 is 5.82 Å². The first kappa shape index (κ1) is 13.5. The molecular weight excluding hydrogens is 297 g/mol. The largest absolute Gasteiger partial charge is 0.460 e. The minimum absolute atomic E-state index is 0.182. The molecule has 5 nitrogen and oxygen atoms in total. The van der Waals surface area contributed by atoms with Crippen LogP contribution in [0.3, 0.4) is 0 Å². The molecule has 23 heavy (non-hydrogen) atoms. The van der Waals surface area contributed by atoms with E-state index in [1.807, 2.05) is 0 Å². The van der Waals surface area contributed by atoms with Crippen LogP contribution in [0.5, 0.6) is 0 Å². The quantitative estimate of drug-likeness (QED) is 0.924. The molecule has 6 rings (SSSR count). The molecule has 2 bridgehead atoms. The van der Waals surface area contributed by atoms with Gasteiger partial charge in [-0.25, -0.2) is 9.37 Å². The van der Waals surface area contributed by atoms with Gasteiger partial charge in [-0.2, -0.15) is 0 Å². The summed E-state index contributed by atoms with van der Waals surface area (Å²) in [6, 6.07) is 1.67. The summed E-state index contributed by atoms with van der Waals surface area (Å²) in [4.78, 5) is 19.3. The number of rotatable bonds is 2. The second-order valence-electron chi connectivity index (χ2n) is 7.03. The second-order valence-corrected chi connectivity index (χ2v) is 7.03. The average molecular weight is 315 g/mol. The van der Waals surface area contributed by atoms with E-state index in [4.69, 9.17) is 4.42 Å². The van der Waals surface area contributed by atoms with E-state index in [9.17, 15) is 9.18 Å². The molecule has 5 heterocycles. The van der Waals surface area contributed by atoms with Crippen LogP contribution in [0.15, 0.2) is 22.9 Å². The van der Waals surface area contributed by atoms with Crippen molar-refractivity contribution in [1.82, 2.24) is 15.2 Å². The highest BCUT2D eigenvalue weighted by Crippen LogP contribution is 2.53. The summed E-state index contributed by atoms with van der Waals surface area (Å²) in [5.74, 6) is -0.115. The molecule has 120 valence electrons. The van der Waals surface area contributed by atoms with Crippen LogP contribution in [0.2, 0.25) is 0 Å². The standard InChI is InChI=1S/C17H18FN3O2/c18-12-9-23-14-8-19-13(7-11(12)14)16(22)20-15-10-1-5-21(6-2-10)17(15)3-4-17/h7-10,15H,1-6H2,(H,20,22). The van der Waals surface area contributed by atoms with Gasteiger partial charge in [-0.3, -0.25) is 9.69 Å². The molecule has 2 aromatic rings. The zero-order valence-electron chi connectivity index (χ0n) is 12.7. The first-order valence-electron chi connectivity index (χ1n) is 8.26. The molecule has 4 aliphatic rings. The van der Waals surface area contributed by atoms with E-state index in [-0.39, 0.29) is 23.2 Å². The minimum Gasteiger partial charge on any atom is -0.460 e. The van der Waals surface area contributed by atoms with Crippen LogP contribution < -0.4 is 5.32 Å². The molecule has 1 atom stereocenters. The van der Waals surface area contributed by atoms with Crippen LogP contribution >= 0.6 is 0 Å². The number of carbonyl (C=O) groups excluding carboxylic acids is 1. The third kappa shape index (κ3) is 1.87. The Balaban J connectivity index is 1.43. The van der Waals surface area contributed by atoms with Crippen molar-refractivity contribution in [2.24, 2.45) is 5.92 Å². The molecule has 0 radical (unpaired) electrons. The number of aromatic nitrogens is 1. The molecule has 2 aromatic heterocycles. The Morgan fingerprint density at radius 3 is 2.91 bits per heavy atom. The van der Waals surface area contributed by atoms with Crippen LogP contribution in [0, 0.1) is 11.7 Å². The van der Waals surface area contributed by atoms with E-state index in [1.165, 1.54) is 12.3 Å². The first-order valence-corrected chi connectivity index (χ1v) is 8.26. The molecule has 1 saturated carbocycles.